The molecule has 0 unspecified atom stereocenters. The molecular formula is C20H40N2O3. The van der Waals surface area contributed by atoms with Gasteiger partial charge in [0, 0.05) is 27.1 Å². The summed E-state index contributed by atoms with van der Waals surface area (Å²) in [7, 11) is 3.00. The van der Waals surface area contributed by atoms with Crippen molar-refractivity contribution < 1.29 is 14.7 Å². The molecule has 5 heteroatoms. The standard InChI is InChI=1S/C19H36N2O2.CH4O/c1-5-7-13-19(17-23,14-8-6-2)20-18(3)21(4)15-11-9-10-12-16-22;1-2/h16-17,20H,3,5-15H2,1-2,4H3;2H,1H3. The maximum Gasteiger partial charge on any atom is 0.145 e. The van der Waals surface area contributed by atoms with E-state index in [4.69, 9.17) is 5.11 Å². The fourth-order valence-corrected chi connectivity index (χ4v) is 2.65. The predicted octanol–water partition coefficient (Wildman–Crippen LogP) is 3.66. The van der Waals surface area contributed by atoms with Crippen LogP contribution in [0, 0.1) is 0 Å². The SMILES string of the molecule is C=C(NC(C=O)(CCCC)CCCC)N(C)CCCCCC=O.CO. The number of hydrogen-bond donors (Lipinski definition) is 2. The molecule has 0 amide bonds. The Kier molecular flexibility index (Phi) is 18.1. The van der Waals surface area contributed by atoms with Crippen molar-refractivity contribution in [3.63, 3.8) is 0 Å². The van der Waals surface area contributed by atoms with Crippen LogP contribution in [-0.2, 0) is 9.59 Å². The zero-order valence-corrected chi connectivity index (χ0v) is 16.9. The van der Waals surface area contributed by atoms with Crippen LogP contribution in [0.3, 0.4) is 0 Å². The summed E-state index contributed by atoms with van der Waals surface area (Å²) in [6.07, 6.45) is 11.7. The highest BCUT2D eigenvalue weighted by atomic mass is 16.2. The summed E-state index contributed by atoms with van der Waals surface area (Å²) < 4.78 is 0. The molecule has 25 heavy (non-hydrogen) atoms. The quantitative estimate of drug-likeness (QED) is 0.326. The first-order valence-electron chi connectivity index (χ1n) is 9.58. The van der Waals surface area contributed by atoms with Crippen molar-refractivity contribution in [1.29, 1.82) is 0 Å². The molecule has 0 aliphatic carbocycles. The Hall–Kier alpha value is -1.36. The predicted molar refractivity (Wildman–Crippen MR) is 105 cm³/mol. The van der Waals surface area contributed by atoms with Crippen LogP contribution < -0.4 is 5.32 Å². The lowest BCUT2D eigenvalue weighted by atomic mass is 9.88. The van der Waals surface area contributed by atoms with Crippen molar-refractivity contribution in [2.75, 3.05) is 20.7 Å². The van der Waals surface area contributed by atoms with E-state index in [9.17, 15) is 9.59 Å². The minimum Gasteiger partial charge on any atom is -0.400 e. The van der Waals surface area contributed by atoms with Gasteiger partial charge in [-0.05, 0) is 25.7 Å². The van der Waals surface area contributed by atoms with Crippen LogP contribution in [0.2, 0.25) is 0 Å². The van der Waals surface area contributed by atoms with E-state index in [-0.39, 0.29) is 0 Å². The van der Waals surface area contributed by atoms with Crippen LogP contribution in [-0.4, -0.2) is 48.8 Å². The highest BCUT2D eigenvalue weighted by Gasteiger charge is 2.29. The summed E-state index contributed by atoms with van der Waals surface area (Å²) in [6, 6.07) is 0. The first kappa shape index (κ1) is 25.9. The lowest BCUT2D eigenvalue weighted by Gasteiger charge is -2.35. The molecule has 0 aromatic rings. The Bertz CT molecular complexity index is 338. The summed E-state index contributed by atoms with van der Waals surface area (Å²) in [4.78, 5) is 24.2. The van der Waals surface area contributed by atoms with Gasteiger partial charge in [0.15, 0.2) is 0 Å². The Morgan fingerprint density at radius 1 is 1.04 bits per heavy atom. The van der Waals surface area contributed by atoms with Gasteiger partial charge in [-0.25, -0.2) is 0 Å². The average Bonchev–Trinajstić information content (AvgIpc) is 2.65. The molecule has 0 atom stereocenters. The normalized spacial score (nSPS) is 10.4. The molecule has 0 aromatic heterocycles. The Morgan fingerprint density at radius 3 is 2.04 bits per heavy atom. The van der Waals surface area contributed by atoms with Crippen molar-refractivity contribution in [1.82, 2.24) is 10.2 Å². The molecule has 0 aliphatic heterocycles. The molecule has 0 fully saturated rings. The van der Waals surface area contributed by atoms with Crippen molar-refractivity contribution in [3.8, 4) is 0 Å². The van der Waals surface area contributed by atoms with Gasteiger partial charge in [-0.1, -0.05) is 52.5 Å². The summed E-state index contributed by atoms with van der Waals surface area (Å²) in [5.41, 5.74) is -0.477. The molecule has 0 aliphatic rings. The van der Waals surface area contributed by atoms with E-state index in [1.165, 1.54) is 0 Å². The highest BCUT2D eigenvalue weighted by Crippen LogP contribution is 2.21. The fraction of sp³-hybridized carbons (Fsp3) is 0.800. The van der Waals surface area contributed by atoms with E-state index in [0.717, 1.165) is 89.8 Å². The average molecular weight is 357 g/mol. The van der Waals surface area contributed by atoms with Crippen LogP contribution in [0.25, 0.3) is 0 Å². The first-order chi connectivity index (χ1) is 12.0. The van der Waals surface area contributed by atoms with Gasteiger partial charge < -0.3 is 24.9 Å². The molecule has 0 aromatic carbocycles. The van der Waals surface area contributed by atoms with Gasteiger partial charge in [0.1, 0.15) is 12.6 Å². The Morgan fingerprint density at radius 2 is 1.60 bits per heavy atom. The van der Waals surface area contributed by atoms with Crippen LogP contribution in [0.4, 0.5) is 0 Å². The smallest absolute Gasteiger partial charge is 0.145 e. The zero-order chi connectivity index (χ0) is 19.6. The van der Waals surface area contributed by atoms with Gasteiger partial charge in [-0.3, -0.25) is 0 Å². The molecule has 0 saturated heterocycles. The topological polar surface area (TPSA) is 69.6 Å². The number of nitrogens with one attached hydrogen (secondary N) is 1. The van der Waals surface area contributed by atoms with Crippen LogP contribution in [0.5, 0.6) is 0 Å². The maximum atomic E-state index is 11.8. The van der Waals surface area contributed by atoms with Crippen molar-refractivity contribution in [3.05, 3.63) is 12.4 Å². The van der Waals surface area contributed by atoms with Gasteiger partial charge in [0.05, 0.1) is 11.4 Å². The van der Waals surface area contributed by atoms with E-state index in [1.54, 1.807) is 0 Å². The second-order valence-corrected chi connectivity index (χ2v) is 6.49. The van der Waals surface area contributed by atoms with Gasteiger partial charge >= 0.3 is 0 Å². The molecule has 2 N–H and O–H groups in total. The largest absolute Gasteiger partial charge is 0.400 e. The molecule has 0 rings (SSSR count). The van der Waals surface area contributed by atoms with Gasteiger partial charge in [-0.15, -0.1) is 0 Å². The number of aliphatic hydroxyl groups is 1. The van der Waals surface area contributed by atoms with E-state index in [0.29, 0.717) is 6.42 Å². The molecule has 0 spiro atoms. The number of nitrogens with zero attached hydrogens (tertiary/aromatic N) is 1. The molecule has 5 nitrogen and oxygen atoms in total. The van der Waals surface area contributed by atoms with E-state index < -0.39 is 5.54 Å². The van der Waals surface area contributed by atoms with Gasteiger partial charge in [0.2, 0.25) is 0 Å². The zero-order valence-electron chi connectivity index (χ0n) is 16.9. The molecule has 0 radical (unpaired) electrons. The third-order valence-electron chi connectivity index (χ3n) is 4.35. The fourth-order valence-electron chi connectivity index (χ4n) is 2.65. The molecule has 0 saturated carbocycles. The van der Waals surface area contributed by atoms with Gasteiger partial charge in [-0.2, -0.15) is 0 Å². The summed E-state index contributed by atoms with van der Waals surface area (Å²) in [6.45, 7) is 9.31. The van der Waals surface area contributed by atoms with Crippen LogP contribution in [0.15, 0.2) is 12.4 Å². The number of unbranched alkanes of at least 4 members (excludes halogenated alkanes) is 5. The first-order valence-corrected chi connectivity index (χ1v) is 9.58. The number of carbonyl (C=O) groups excluding carboxylic acids is 2. The summed E-state index contributed by atoms with van der Waals surface area (Å²) >= 11 is 0. The third-order valence-corrected chi connectivity index (χ3v) is 4.35. The summed E-state index contributed by atoms with van der Waals surface area (Å²) in [5, 5.41) is 10.4. The number of rotatable bonds is 16. The second kappa shape index (κ2) is 17.5. The van der Waals surface area contributed by atoms with Crippen molar-refractivity contribution in [2.24, 2.45) is 0 Å². The minimum absolute atomic E-state index is 0.477. The van der Waals surface area contributed by atoms with Crippen molar-refractivity contribution >= 4 is 12.6 Å². The van der Waals surface area contributed by atoms with Crippen molar-refractivity contribution in [2.45, 2.75) is 83.6 Å². The lowest BCUT2D eigenvalue weighted by Crippen LogP contribution is -2.49. The number of aliphatic hydroxyl groups excluding tert-OH is 1. The molecule has 0 bridgehead atoms. The number of carbonyl (C=O) groups is 2. The Labute approximate surface area is 154 Å². The van der Waals surface area contributed by atoms with Crippen LogP contribution >= 0.6 is 0 Å². The molecular weight excluding hydrogens is 316 g/mol. The van der Waals surface area contributed by atoms with E-state index in [2.05, 4.69) is 30.6 Å². The minimum atomic E-state index is -0.477. The Balaban J connectivity index is 0. The van der Waals surface area contributed by atoms with E-state index >= 15 is 0 Å². The third kappa shape index (κ3) is 12.6. The molecule has 0 heterocycles. The lowest BCUT2D eigenvalue weighted by molar-refractivity contribution is -0.114. The maximum absolute atomic E-state index is 11.8. The second-order valence-electron chi connectivity index (χ2n) is 6.49. The van der Waals surface area contributed by atoms with E-state index in [1.807, 2.05) is 7.05 Å². The molecule has 148 valence electrons. The number of aldehydes is 2. The van der Waals surface area contributed by atoms with Crippen LogP contribution in [0.1, 0.15) is 78.1 Å². The highest BCUT2D eigenvalue weighted by molar-refractivity contribution is 5.64. The summed E-state index contributed by atoms with van der Waals surface area (Å²) in [5.74, 6) is 0.819. The number of hydrogen-bond acceptors (Lipinski definition) is 5. The monoisotopic (exact) mass is 356 g/mol. The van der Waals surface area contributed by atoms with Gasteiger partial charge in [0.25, 0.3) is 0 Å².